The van der Waals surface area contributed by atoms with Gasteiger partial charge >= 0.3 is 12.1 Å². The molecular weight excluding hydrogens is 549 g/mol. The molecule has 2 aromatic carbocycles. The molecule has 1 unspecified atom stereocenters. The van der Waals surface area contributed by atoms with Gasteiger partial charge in [-0.15, -0.1) is 0 Å². The van der Waals surface area contributed by atoms with Gasteiger partial charge in [-0.25, -0.2) is 15.0 Å². The predicted molar refractivity (Wildman–Crippen MR) is 149 cm³/mol. The van der Waals surface area contributed by atoms with Crippen molar-refractivity contribution in [1.82, 2.24) is 15.0 Å². The quantitative estimate of drug-likeness (QED) is 0.227. The molecule has 0 fully saturated rings. The number of hydrogen-bond acceptors (Lipinski definition) is 7. The van der Waals surface area contributed by atoms with Gasteiger partial charge < -0.3 is 19.2 Å². The van der Waals surface area contributed by atoms with Crippen molar-refractivity contribution >= 4 is 11.9 Å². The monoisotopic (exact) mass is 578 g/mol. The summed E-state index contributed by atoms with van der Waals surface area (Å²) in [4.78, 5) is 25.6. The number of oxazole rings is 1. The van der Waals surface area contributed by atoms with E-state index in [-0.39, 0.29) is 18.9 Å². The van der Waals surface area contributed by atoms with Crippen LogP contribution in [0, 0.1) is 12.8 Å². The van der Waals surface area contributed by atoms with E-state index in [4.69, 9.17) is 9.15 Å². The zero-order valence-electron chi connectivity index (χ0n) is 22.8. The van der Waals surface area contributed by atoms with Crippen LogP contribution >= 0.6 is 0 Å². The fourth-order valence-electron chi connectivity index (χ4n) is 4.80. The second kappa shape index (κ2) is 12.5. The zero-order valence-corrected chi connectivity index (χ0v) is 22.8. The Morgan fingerprint density at radius 1 is 1.05 bits per heavy atom. The Hall–Kier alpha value is -4.67. The molecule has 0 saturated heterocycles. The Kier molecular flexibility index (Phi) is 8.56. The van der Waals surface area contributed by atoms with Gasteiger partial charge in [0.15, 0.2) is 0 Å². The average molecular weight is 579 g/mol. The van der Waals surface area contributed by atoms with Crippen LogP contribution in [-0.2, 0) is 23.8 Å². The Balaban J connectivity index is 1.18. The highest BCUT2D eigenvalue weighted by molar-refractivity contribution is 5.74. The largest absolute Gasteiger partial charge is 0.493 e. The van der Waals surface area contributed by atoms with Crippen molar-refractivity contribution in [1.29, 1.82) is 0 Å². The Morgan fingerprint density at radius 3 is 2.52 bits per heavy atom. The molecule has 1 N–H and O–H groups in total. The van der Waals surface area contributed by atoms with Gasteiger partial charge in [0, 0.05) is 30.9 Å². The Morgan fingerprint density at radius 2 is 1.81 bits per heavy atom. The topological polar surface area (TPSA) is 102 Å². The molecule has 0 spiro atoms. The summed E-state index contributed by atoms with van der Waals surface area (Å²) >= 11 is 0. The van der Waals surface area contributed by atoms with E-state index < -0.39 is 23.8 Å². The number of hydrogen-bond donors (Lipinski definition) is 1. The fourth-order valence-corrected chi connectivity index (χ4v) is 4.80. The third-order valence-electron chi connectivity index (χ3n) is 7.06. The maximum atomic E-state index is 13.1. The number of aryl methyl sites for hydroxylation is 2. The summed E-state index contributed by atoms with van der Waals surface area (Å²) in [5.74, 6) is 0.227. The first-order valence-corrected chi connectivity index (χ1v) is 13.5. The summed E-state index contributed by atoms with van der Waals surface area (Å²) in [6, 6.07) is 18.0. The molecule has 1 atom stereocenters. The first-order chi connectivity index (χ1) is 20.2. The van der Waals surface area contributed by atoms with Crippen molar-refractivity contribution in [3.63, 3.8) is 0 Å². The van der Waals surface area contributed by atoms with E-state index >= 15 is 0 Å². The predicted octanol–water partition coefficient (Wildman–Crippen LogP) is 6.51. The van der Waals surface area contributed by atoms with Crippen molar-refractivity contribution in [2.75, 3.05) is 18.1 Å². The lowest BCUT2D eigenvalue weighted by atomic mass is 9.89. The van der Waals surface area contributed by atoms with E-state index in [1.54, 1.807) is 6.20 Å². The van der Waals surface area contributed by atoms with Crippen LogP contribution in [0.15, 0.2) is 83.1 Å². The van der Waals surface area contributed by atoms with Crippen molar-refractivity contribution in [3.8, 4) is 17.2 Å². The number of carboxylic acid groups (broad SMARTS) is 1. The van der Waals surface area contributed by atoms with Gasteiger partial charge in [-0.2, -0.15) is 13.2 Å². The minimum absolute atomic E-state index is 0.107. The van der Waals surface area contributed by atoms with Gasteiger partial charge in [0.05, 0.1) is 18.2 Å². The van der Waals surface area contributed by atoms with E-state index in [1.165, 1.54) is 4.90 Å². The maximum absolute atomic E-state index is 13.1. The van der Waals surface area contributed by atoms with Crippen LogP contribution in [-0.4, -0.2) is 39.2 Å². The highest BCUT2D eigenvalue weighted by Gasteiger charge is 2.34. The number of carbonyl (C=O) groups is 1. The van der Waals surface area contributed by atoms with Crippen molar-refractivity contribution in [2.24, 2.45) is 5.92 Å². The number of benzene rings is 2. The molecular formula is C31H29F3N4O4. The number of aromatic nitrogens is 3. The molecule has 3 heterocycles. The van der Waals surface area contributed by atoms with E-state index in [0.29, 0.717) is 43.1 Å². The van der Waals surface area contributed by atoms with Crippen molar-refractivity contribution < 1.29 is 32.2 Å². The van der Waals surface area contributed by atoms with E-state index in [9.17, 15) is 23.1 Å². The van der Waals surface area contributed by atoms with E-state index in [2.05, 4.69) is 15.0 Å². The molecule has 11 heteroatoms. The van der Waals surface area contributed by atoms with E-state index in [1.807, 2.05) is 61.5 Å². The summed E-state index contributed by atoms with van der Waals surface area (Å²) in [5, 5.41) is 9.72. The lowest BCUT2D eigenvalue weighted by molar-refractivity contribution is -0.141. The molecule has 218 valence electrons. The number of anilines is 1. The number of alkyl halides is 3. The summed E-state index contributed by atoms with van der Waals surface area (Å²) < 4.78 is 51.1. The maximum Gasteiger partial charge on any atom is 0.433 e. The molecule has 2 aromatic heterocycles. The lowest BCUT2D eigenvalue weighted by Gasteiger charge is -2.29. The molecule has 0 bridgehead atoms. The summed E-state index contributed by atoms with van der Waals surface area (Å²) in [6.07, 6.45) is -0.174. The Bertz CT molecular complexity index is 1550. The van der Waals surface area contributed by atoms with Crippen LogP contribution in [0.1, 0.15) is 35.6 Å². The molecule has 5 rings (SSSR count). The molecule has 0 saturated carbocycles. The number of rotatable bonds is 10. The molecule has 1 aliphatic heterocycles. The van der Waals surface area contributed by atoms with Crippen LogP contribution < -0.4 is 9.64 Å². The smallest absolute Gasteiger partial charge is 0.433 e. The van der Waals surface area contributed by atoms with Gasteiger partial charge in [0.25, 0.3) is 0 Å². The standard InChI is InChI=1S/C31H29F3N4O4/c1-20-26(36-28(42-20)22-5-3-2-4-6-22)15-18-41-24-11-8-21(9-12-24)7-10-23-19-38(17-14-25(23)29(39)40)30-35-16-13-27(37-30)31(32,33)34/h2-6,8-9,11-13,16,19,25H,7,10,14-15,17-18H2,1H3,(H,39,40). The van der Waals surface area contributed by atoms with Gasteiger partial charge in [-0.05, 0) is 67.7 Å². The SMILES string of the molecule is Cc1oc(-c2ccccc2)nc1CCOc1ccc(CCC2=CN(c3nccc(C(F)(F)F)n3)CCC2C(=O)O)cc1. The third-order valence-corrected chi connectivity index (χ3v) is 7.06. The summed E-state index contributed by atoms with van der Waals surface area (Å²) in [5.41, 5.74) is 2.29. The number of ether oxygens (including phenoxy) is 1. The molecule has 42 heavy (non-hydrogen) atoms. The number of aliphatic carboxylic acids is 1. The van der Waals surface area contributed by atoms with Crippen molar-refractivity contribution in [3.05, 3.63) is 101 Å². The first kappa shape index (κ1) is 28.8. The van der Waals surface area contributed by atoms with Gasteiger partial charge in [0.2, 0.25) is 11.8 Å². The Labute approximate surface area is 240 Å². The number of carboxylic acids is 1. The molecule has 0 radical (unpaired) electrons. The van der Waals surface area contributed by atoms with Crippen LogP contribution in [0.5, 0.6) is 5.75 Å². The molecule has 4 aromatic rings. The van der Waals surface area contributed by atoms with Crippen LogP contribution in [0.2, 0.25) is 0 Å². The van der Waals surface area contributed by atoms with Gasteiger partial charge in [-0.3, -0.25) is 4.79 Å². The summed E-state index contributed by atoms with van der Waals surface area (Å²) in [7, 11) is 0. The zero-order chi connectivity index (χ0) is 29.7. The number of nitrogens with zero attached hydrogens (tertiary/aromatic N) is 4. The molecule has 0 amide bonds. The van der Waals surface area contributed by atoms with Gasteiger partial charge in [0.1, 0.15) is 17.2 Å². The lowest BCUT2D eigenvalue weighted by Crippen LogP contribution is -2.32. The highest BCUT2D eigenvalue weighted by atomic mass is 19.4. The fraction of sp³-hybridized carbons (Fsp3) is 0.290. The number of halogens is 3. The van der Waals surface area contributed by atoms with Crippen LogP contribution in [0.4, 0.5) is 19.1 Å². The highest BCUT2D eigenvalue weighted by Crippen LogP contribution is 2.31. The van der Waals surface area contributed by atoms with Crippen LogP contribution in [0.3, 0.4) is 0 Å². The average Bonchev–Trinajstić information content (AvgIpc) is 3.36. The van der Waals surface area contributed by atoms with E-state index in [0.717, 1.165) is 34.8 Å². The first-order valence-electron chi connectivity index (χ1n) is 13.5. The second-order valence-electron chi connectivity index (χ2n) is 9.95. The molecule has 0 aliphatic carbocycles. The second-order valence-corrected chi connectivity index (χ2v) is 9.95. The third kappa shape index (κ3) is 6.96. The molecule has 8 nitrogen and oxygen atoms in total. The minimum atomic E-state index is -4.60. The minimum Gasteiger partial charge on any atom is -0.493 e. The van der Waals surface area contributed by atoms with Crippen LogP contribution in [0.25, 0.3) is 11.5 Å². The van der Waals surface area contributed by atoms with Gasteiger partial charge in [-0.1, -0.05) is 30.3 Å². The molecule has 1 aliphatic rings. The van der Waals surface area contributed by atoms with Crippen molar-refractivity contribution in [2.45, 2.75) is 38.8 Å². The normalized spacial score (nSPS) is 15.4. The summed E-state index contributed by atoms with van der Waals surface area (Å²) in [6.45, 7) is 2.50.